The average Bonchev–Trinajstić information content (AvgIpc) is 2.69. The summed E-state index contributed by atoms with van der Waals surface area (Å²) in [5, 5.41) is 2.94. The van der Waals surface area contributed by atoms with E-state index in [1.165, 1.54) is 4.31 Å². The van der Waals surface area contributed by atoms with Gasteiger partial charge in [0.1, 0.15) is 12.3 Å². The van der Waals surface area contributed by atoms with E-state index in [1.54, 1.807) is 19.2 Å². The molecule has 0 aliphatic carbocycles. The number of para-hydroxylation sites is 1. The third kappa shape index (κ3) is 5.48. The second-order valence-electron chi connectivity index (χ2n) is 6.55. The molecule has 0 radical (unpaired) electrons. The molecule has 2 rings (SSSR count). The molecule has 0 bridgehead atoms. The number of rotatable bonds is 9. The van der Waals surface area contributed by atoms with Crippen molar-refractivity contribution in [3.63, 3.8) is 0 Å². The quantitative estimate of drug-likeness (QED) is 0.696. The van der Waals surface area contributed by atoms with Gasteiger partial charge in [-0.1, -0.05) is 44.2 Å². The van der Waals surface area contributed by atoms with Crippen LogP contribution in [-0.4, -0.2) is 34.2 Å². The molecule has 0 aliphatic rings. The zero-order valence-corrected chi connectivity index (χ0v) is 17.6. The van der Waals surface area contributed by atoms with Crippen LogP contribution in [0, 0.1) is 0 Å². The summed E-state index contributed by atoms with van der Waals surface area (Å²) in [5.41, 5.74) is 2.36. The maximum Gasteiger partial charge on any atom is 0.241 e. The first-order valence-corrected chi connectivity index (χ1v) is 11.1. The molecule has 0 saturated heterocycles. The lowest BCUT2D eigenvalue weighted by molar-refractivity contribution is -0.120. The van der Waals surface area contributed by atoms with Crippen LogP contribution in [-0.2, 0) is 21.2 Å². The van der Waals surface area contributed by atoms with Gasteiger partial charge in [-0.3, -0.25) is 9.10 Å². The van der Waals surface area contributed by atoms with Crippen LogP contribution in [0.3, 0.4) is 0 Å². The van der Waals surface area contributed by atoms with Gasteiger partial charge < -0.3 is 10.1 Å². The van der Waals surface area contributed by atoms with Gasteiger partial charge in [-0.2, -0.15) is 0 Å². The van der Waals surface area contributed by atoms with Gasteiger partial charge in [0.2, 0.25) is 15.9 Å². The maximum atomic E-state index is 12.7. The van der Waals surface area contributed by atoms with Gasteiger partial charge in [0.05, 0.1) is 25.1 Å². The number of amides is 1. The maximum absolute atomic E-state index is 12.7. The minimum atomic E-state index is -3.61. The van der Waals surface area contributed by atoms with E-state index in [4.69, 9.17) is 4.74 Å². The zero-order chi connectivity index (χ0) is 20.7. The SMILES string of the molecule is CCc1ccccc1N(CC(=O)N[C@@H](CC)c1ccc(OC)cc1)S(C)(=O)=O. The van der Waals surface area contributed by atoms with E-state index in [1.807, 2.05) is 50.2 Å². The predicted molar refractivity (Wildman–Crippen MR) is 112 cm³/mol. The Morgan fingerprint density at radius 3 is 2.29 bits per heavy atom. The molecule has 0 aliphatic heterocycles. The number of methoxy groups -OCH3 is 1. The number of benzene rings is 2. The number of carbonyl (C=O) groups excluding carboxylic acids is 1. The zero-order valence-electron chi connectivity index (χ0n) is 16.8. The fourth-order valence-electron chi connectivity index (χ4n) is 3.06. The normalized spacial score (nSPS) is 12.3. The summed E-state index contributed by atoms with van der Waals surface area (Å²) in [6.45, 7) is 3.66. The van der Waals surface area contributed by atoms with E-state index in [0.717, 1.165) is 23.1 Å². The lowest BCUT2D eigenvalue weighted by atomic mass is 10.0. The van der Waals surface area contributed by atoms with Gasteiger partial charge in [-0.05, 0) is 42.2 Å². The largest absolute Gasteiger partial charge is 0.497 e. The van der Waals surface area contributed by atoms with Crippen LogP contribution in [0.1, 0.15) is 37.4 Å². The summed E-state index contributed by atoms with van der Waals surface area (Å²) >= 11 is 0. The van der Waals surface area contributed by atoms with E-state index in [9.17, 15) is 13.2 Å². The number of nitrogens with zero attached hydrogens (tertiary/aromatic N) is 1. The Bertz CT molecular complexity index is 895. The van der Waals surface area contributed by atoms with Crippen molar-refractivity contribution in [2.45, 2.75) is 32.7 Å². The summed E-state index contributed by atoms with van der Waals surface area (Å²) in [6.07, 6.45) is 2.48. The Hall–Kier alpha value is -2.54. The van der Waals surface area contributed by atoms with Crippen molar-refractivity contribution in [3.8, 4) is 5.75 Å². The van der Waals surface area contributed by atoms with Crippen LogP contribution in [0.4, 0.5) is 5.69 Å². The molecular formula is C21H28N2O4S. The molecule has 0 spiro atoms. The molecule has 7 heteroatoms. The van der Waals surface area contributed by atoms with Crippen molar-refractivity contribution in [2.75, 3.05) is 24.2 Å². The molecule has 0 saturated carbocycles. The Morgan fingerprint density at radius 2 is 1.75 bits per heavy atom. The van der Waals surface area contributed by atoms with Crippen LogP contribution >= 0.6 is 0 Å². The van der Waals surface area contributed by atoms with Crippen molar-refractivity contribution in [3.05, 3.63) is 59.7 Å². The Balaban J connectivity index is 2.20. The minimum Gasteiger partial charge on any atom is -0.497 e. The first-order valence-electron chi connectivity index (χ1n) is 9.29. The Morgan fingerprint density at radius 1 is 1.11 bits per heavy atom. The first-order chi connectivity index (χ1) is 13.3. The average molecular weight is 405 g/mol. The number of carbonyl (C=O) groups is 1. The van der Waals surface area contributed by atoms with E-state index in [2.05, 4.69) is 5.32 Å². The van der Waals surface area contributed by atoms with Gasteiger partial charge in [0.25, 0.3) is 0 Å². The highest BCUT2D eigenvalue weighted by molar-refractivity contribution is 7.92. The summed E-state index contributed by atoms with van der Waals surface area (Å²) in [6, 6.07) is 14.5. The van der Waals surface area contributed by atoms with Gasteiger partial charge in [-0.25, -0.2) is 8.42 Å². The highest BCUT2D eigenvalue weighted by Gasteiger charge is 2.24. The molecule has 1 atom stereocenters. The topological polar surface area (TPSA) is 75.7 Å². The number of hydrogen-bond donors (Lipinski definition) is 1. The fraction of sp³-hybridized carbons (Fsp3) is 0.381. The molecule has 0 fully saturated rings. The molecule has 1 amide bonds. The summed E-state index contributed by atoms with van der Waals surface area (Å²) < 4.78 is 31.1. The highest BCUT2D eigenvalue weighted by atomic mass is 32.2. The number of aryl methyl sites for hydroxylation is 1. The van der Waals surface area contributed by atoms with Crippen LogP contribution < -0.4 is 14.4 Å². The van der Waals surface area contributed by atoms with Crippen LogP contribution in [0.15, 0.2) is 48.5 Å². The minimum absolute atomic E-state index is 0.207. The van der Waals surface area contributed by atoms with Gasteiger partial charge >= 0.3 is 0 Å². The third-order valence-electron chi connectivity index (χ3n) is 4.59. The summed E-state index contributed by atoms with van der Waals surface area (Å²) in [5.74, 6) is 0.392. The second kappa shape index (κ2) is 9.59. The van der Waals surface area contributed by atoms with Crippen molar-refractivity contribution in [1.29, 1.82) is 0 Å². The van der Waals surface area contributed by atoms with E-state index in [0.29, 0.717) is 18.5 Å². The Labute approximate surface area is 167 Å². The van der Waals surface area contributed by atoms with E-state index < -0.39 is 10.0 Å². The van der Waals surface area contributed by atoms with Crippen LogP contribution in [0.5, 0.6) is 5.75 Å². The number of nitrogens with one attached hydrogen (secondary N) is 1. The lowest BCUT2D eigenvalue weighted by Crippen LogP contribution is -2.41. The highest BCUT2D eigenvalue weighted by Crippen LogP contribution is 2.24. The molecule has 0 heterocycles. The molecule has 2 aromatic rings. The van der Waals surface area contributed by atoms with E-state index >= 15 is 0 Å². The second-order valence-corrected chi connectivity index (χ2v) is 8.46. The smallest absolute Gasteiger partial charge is 0.241 e. The number of hydrogen-bond acceptors (Lipinski definition) is 4. The van der Waals surface area contributed by atoms with Crippen molar-refractivity contribution in [2.24, 2.45) is 0 Å². The lowest BCUT2D eigenvalue weighted by Gasteiger charge is -2.25. The Kier molecular flexibility index (Phi) is 7.45. The summed E-state index contributed by atoms with van der Waals surface area (Å²) in [7, 11) is -2.01. The molecule has 0 unspecified atom stereocenters. The molecule has 0 aromatic heterocycles. The number of sulfonamides is 1. The van der Waals surface area contributed by atoms with E-state index in [-0.39, 0.29) is 18.5 Å². The van der Waals surface area contributed by atoms with Gasteiger partial charge in [0, 0.05) is 0 Å². The molecule has 28 heavy (non-hydrogen) atoms. The van der Waals surface area contributed by atoms with Crippen molar-refractivity contribution >= 4 is 21.6 Å². The molecule has 1 N–H and O–H groups in total. The third-order valence-corrected chi connectivity index (χ3v) is 5.72. The number of ether oxygens (including phenoxy) is 1. The summed E-state index contributed by atoms with van der Waals surface area (Å²) in [4.78, 5) is 12.7. The predicted octanol–water partition coefficient (Wildman–Crippen LogP) is 3.29. The van der Waals surface area contributed by atoms with Crippen molar-refractivity contribution < 1.29 is 17.9 Å². The fourth-order valence-corrected chi connectivity index (χ4v) is 3.95. The standard InChI is InChI=1S/C21H28N2O4S/c1-5-16-9-7-8-10-20(16)23(28(4,25)26)15-21(24)22-19(6-2)17-11-13-18(27-3)14-12-17/h7-14,19H,5-6,15H2,1-4H3,(H,22,24)/t19-/m0/s1. The first kappa shape index (κ1) is 21.8. The van der Waals surface area contributed by atoms with Gasteiger partial charge in [-0.15, -0.1) is 0 Å². The van der Waals surface area contributed by atoms with Crippen LogP contribution in [0.2, 0.25) is 0 Å². The number of anilines is 1. The van der Waals surface area contributed by atoms with Crippen molar-refractivity contribution in [1.82, 2.24) is 5.32 Å². The molecular weight excluding hydrogens is 376 g/mol. The van der Waals surface area contributed by atoms with Crippen LogP contribution in [0.25, 0.3) is 0 Å². The molecule has 152 valence electrons. The molecule has 6 nitrogen and oxygen atoms in total. The van der Waals surface area contributed by atoms with Gasteiger partial charge in [0.15, 0.2) is 0 Å². The monoisotopic (exact) mass is 404 g/mol. The molecule has 2 aromatic carbocycles.